The van der Waals surface area contributed by atoms with Gasteiger partial charge >= 0.3 is 17.9 Å². The van der Waals surface area contributed by atoms with Crippen molar-refractivity contribution in [3.63, 3.8) is 0 Å². The van der Waals surface area contributed by atoms with Gasteiger partial charge in [0, 0.05) is 19.3 Å². The third kappa shape index (κ3) is 51.2. The summed E-state index contributed by atoms with van der Waals surface area (Å²) in [7, 11) is 0. The first kappa shape index (κ1) is 61.3. The largest absolute Gasteiger partial charge is 0.462 e. The van der Waals surface area contributed by atoms with Crippen molar-refractivity contribution in [3.8, 4) is 0 Å². The van der Waals surface area contributed by atoms with Crippen LogP contribution in [0.25, 0.3) is 0 Å². The van der Waals surface area contributed by atoms with E-state index in [1.54, 1.807) is 0 Å². The number of esters is 3. The van der Waals surface area contributed by atoms with Gasteiger partial charge in [0.25, 0.3) is 0 Å². The van der Waals surface area contributed by atoms with Crippen LogP contribution in [0.3, 0.4) is 0 Å². The number of allylic oxidation sites excluding steroid dienone is 16. The average Bonchev–Trinajstić information content (AvgIpc) is 3.30. The SMILES string of the molecule is CC/C=C\C/C=C\C/C=C\C/C=C\CCCCC(=O)OC[C@H](COC(=O)CCCCCCCCC/C=C\CCCCCCCC)OC(=O)CCCCCCC/C=C\C/C=C\C/C=C\CC. The number of unbranched alkanes of at least 4 members (excludes halogenated alkanes) is 20. The molecule has 0 bridgehead atoms. The minimum absolute atomic E-state index is 0.101. The van der Waals surface area contributed by atoms with Crippen LogP contribution < -0.4 is 0 Å². The van der Waals surface area contributed by atoms with Gasteiger partial charge in [-0.1, -0.05) is 201 Å². The van der Waals surface area contributed by atoms with Gasteiger partial charge in [0.05, 0.1) is 0 Å². The number of hydrogen-bond acceptors (Lipinski definition) is 6. The Morgan fingerprint density at radius 3 is 0.985 bits per heavy atom. The third-order valence-corrected chi connectivity index (χ3v) is 11.1. The van der Waals surface area contributed by atoms with E-state index in [2.05, 4.69) is 118 Å². The Bertz CT molecular complexity index is 1310. The van der Waals surface area contributed by atoms with Gasteiger partial charge in [-0.25, -0.2) is 0 Å². The summed E-state index contributed by atoms with van der Waals surface area (Å²) in [6, 6.07) is 0. The highest BCUT2D eigenvalue weighted by molar-refractivity contribution is 5.71. The summed E-state index contributed by atoms with van der Waals surface area (Å²) < 4.78 is 16.8. The van der Waals surface area contributed by atoms with E-state index in [9.17, 15) is 14.4 Å². The molecule has 0 saturated heterocycles. The fourth-order valence-corrected chi connectivity index (χ4v) is 7.09. The Balaban J connectivity index is 4.48. The van der Waals surface area contributed by atoms with E-state index >= 15 is 0 Å². The van der Waals surface area contributed by atoms with Crippen LogP contribution in [0.5, 0.6) is 0 Å². The molecule has 0 fully saturated rings. The maximum Gasteiger partial charge on any atom is 0.306 e. The summed E-state index contributed by atoms with van der Waals surface area (Å²) in [5.74, 6) is -0.967. The smallest absolute Gasteiger partial charge is 0.306 e. The molecule has 1 atom stereocenters. The highest BCUT2D eigenvalue weighted by Gasteiger charge is 2.19. The van der Waals surface area contributed by atoms with E-state index in [0.29, 0.717) is 19.3 Å². The fourth-order valence-electron chi connectivity index (χ4n) is 7.09. The van der Waals surface area contributed by atoms with E-state index in [0.717, 1.165) is 122 Å². The van der Waals surface area contributed by atoms with Gasteiger partial charge in [-0.2, -0.15) is 0 Å². The van der Waals surface area contributed by atoms with E-state index < -0.39 is 6.10 Å². The molecule has 0 aliphatic rings. The third-order valence-electron chi connectivity index (χ3n) is 11.1. The molecule has 0 N–H and O–H groups in total. The Morgan fingerprint density at radius 2 is 0.600 bits per heavy atom. The first-order valence-electron chi connectivity index (χ1n) is 26.7. The standard InChI is InChI=1S/C59H98O6/c1-4-7-10-13-16-19-22-25-28-29-32-34-37-40-43-46-49-52-58(61)64-55-56(65-59(62)53-50-47-44-41-38-35-31-27-24-21-18-15-12-9-6-3)54-63-57(60)51-48-45-42-39-36-33-30-26-23-20-17-14-11-8-5-2/h8-9,11-12,17-18,20-21,25-28,30-31,36,39,56H,4-7,10,13-16,19,22-24,29,32-35,37-38,40-55H2,1-3H3/b11-8-,12-9-,20-17-,21-18-,28-25-,30-26-,31-27-,39-36-/t56-/m1/s1. The Labute approximate surface area is 400 Å². The van der Waals surface area contributed by atoms with Crippen molar-refractivity contribution < 1.29 is 28.6 Å². The minimum atomic E-state index is -0.806. The van der Waals surface area contributed by atoms with E-state index in [4.69, 9.17) is 14.2 Å². The molecule has 0 unspecified atom stereocenters. The molecular weight excluding hydrogens is 805 g/mol. The summed E-state index contributed by atoms with van der Waals surface area (Å²) in [5.41, 5.74) is 0. The second-order valence-electron chi connectivity index (χ2n) is 17.4. The minimum Gasteiger partial charge on any atom is -0.462 e. The van der Waals surface area contributed by atoms with Gasteiger partial charge in [-0.15, -0.1) is 0 Å². The first-order valence-corrected chi connectivity index (χ1v) is 26.7. The summed E-state index contributed by atoms with van der Waals surface area (Å²) in [6.45, 7) is 6.35. The Morgan fingerprint density at radius 1 is 0.323 bits per heavy atom. The predicted molar refractivity (Wildman–Crippen MR) is 279 cm³/mol. The van der Waals surface area contributed by atoms with Gasteiger partial charge in [0.2, 0.25) is 0 Å². The lowest BCUT2D eigenvalue weighted by Gasteiger charge is -2.18. The summed E-state index contributed by atoms with van der Waals surface area (Å²) in [4.78, 5) is 38.0. The quantitative estimate of drug-likeness (QED) is 0.0262. The topological polar surface area (TPSA) is 78.9 Å². The second kappa shape index (κ2) is 52.9. The van der Waals surface area contributed by atoms with E-state index in [1.807, 2.05) is 0 Å². The van der Waals surface area contributed by atoms with Crippen molar-refractivity contribution in [1.82, 2.24) is 0 Å². The maximum atomic E-state index is 12.8. The molecule has 0 aliphatic heterocycles. The number of hydrogen-bond donors (Lipinski definition) is 0. The van der Waals surface area contributed by atoms with Gasteiger partial charge in [0.15, 0.2) is 6.10 Å². The lowest BCUT2D eigenvalue weighted by Crippen LogP contribution is -2.30. The van der Waals surface area contributed by atoms with Crippen LogP contribution in [-0.4, -0.2) is 37.2 Å². The normalized spacial score (nSPS) is 12.8. The van der Waals surface area contributed by atoms with Gasteiger partial charge < -0.3 is 14.2 Å². The Kier molecular flexibility index (Phi) is 50.0. The summed E-state index contributed by atoms with van der Waals surface area (Å²) >= 11 is 0. The van der Waals surface area contributed by atoms with E-state index in [-0.39, 0.29) is 31.1 Å². The molecule has 0 aliphatic carbocycles. The van der Waals surface area contributed by atoms with Gasteiger partial charge in [-0.05, 0) is 116 Å². The molecule has 6 nitrogen and oxygen atoms in total. The van der Waals surface area contributed by atoms with Crippen LogP contribution in [-0.2, 0) is 28.6 Å². The average molecular weight is 903 g/mol. The van der Waals surface area contributed by atoms with Crippen LogP contribution >= 0.6 is 0 Å². The molecule has 0 saturated carbocycles. The molecule has 0 aromatic heterocycles. The molecule has 0 rings (SSSR count). The van der Waals surface area contributed by atoms with Crippen molar-refractivity contribution in [1.29, 1.82) is 0 Å². The zero-order chi connectivity index (χ0) is 47.2. The Hall–Kier alpha value is -3.67. The van der Waals surface area contributed by atoms with Crippen molar-refractivity contribution >= 4 is 17.9 Å². The van der Waals surface area contributed by atoms with Crippen molar-refractivity contribution in [2.75, 3.05) is 13.2 Å². The van der Waals surface area contributed by atoms with Gasteiger partial charge in [-0.3, -0.25) is 14.4 Å². The fraction of sp³-hybridized carbons (Fsp3) is 0.678. The van der Waals surface area contributed by atoms with Gasteiger partial charge in [0.1, 0.15) is 13.2 Å². The van der Waals surface area contributed by atoms with Crippen molar-refractivity contribution in [2.24, 2.45) is 0 Å². The molecule has 6 heteroatoms. The number of rotatable bonds is 47. The summed E-state index contributed by atoms with van der Waals surface area (Å²) in [5, 5.41) is 0. The van der Waals surface area contributed by atoms with Crippen LogP contribution in [0.2, 0.25) is 0 Å². The number of ether oxygens (including phenoxy) is 3. The van der Waals surface area contributed by atoms with E-state index in [1.165, 1.54) is 77.0 Å². The molecule has 65 heavy (non-hydrogen) atoms. The number of carbonyl (C=O) groups is 3. The van der Waals surface area contributed by atoms with Crippen molar-refractivity contribution in [3.05, 3.63) is 97.2 Å². The monoisotopic (exact) mass is 903 g/mol. The highest BCUT2D eigenvalue weighted by atomic mass is 16.6. The first-order chi connectivity index (χ1) is 32.0. The van der Waals surface area contributed by atoms with Crippen LogP contribution in [0.4, 0.5) is 0 Å². The molecule has 0 aromatic carbocycles. The summed E-state index contributed by atoms with van der Waals surface area (Å²) in [6.07, 6.45) is 69.6. The van der Waals surface area contributed by atoms with Crippen LogP contribution in [0, 0.1) is 0 Å². The molecule has 0 spiro atoms. The lowest BCUT2D eigenvalue weighted by molar-refractivity contribution is -0.167. The molecule has 370 valence electrons. The molecule has 0 amide bonds. The van der Waals surface area contributed by atoms with Crippen molar-refractivity contribution in [2.45, 2.75) is 245 Å². The van der Waals surface area contributed by atoms with Crippen LogP contribution in [0.1, 0.15) is 239 Å². The highest BCUT2D eigenvalue weighted by Crippen LogP contribution is 2.14. The predicted octanol–water partition coefficient (Wildman–Crippen LogP) is 17.8. The zero-order valence-corrected chi connectivity index (χ0v) is 42.2. The lowest BCUT2D eigenvalue weighted by atomic mass is 10.1. The molecule has 0 aromatic rings. The molecule has 0 radical (unpaired) electrons. The number of carbonyl (C=O) groups excluding carboxylic acids is 3. The maximum absolute atomic E-state index is 12.8. The second-order valence-corrected chi connectivity index (χ2v) is 17.4. The molecular formula is C59H98O6. The zero-order valence-electron chi connectivity index (χ0n) is 42.2. The molecule has 0 heterocycles. The van der Waals surface area contributed by atoms with Crippen LogP contribution in [0.15, 0.2) is 97.2 Å².